The number of aryl methyl sites for hydroxylation is 1. The second kappa shape index (κ2) is 10.7. The molecule has 0 aliphatic rings. The Hall–Kier alpha value is -2.69. The summed E-state index contributed by atoms with van der Waals surface area (Å²) in [5.74, 6) is 0.287. The van der Waals surface area contributed by atoms with Crippen molar-refractivity contribution in [3.05, 3.63) is 127 Å². The number of anilines is 1. The molecule has 0 heterocycles. The van der Waals surface area contributed by atoms with Gasteiger partial charge in [-0.1, -0.05) is 70.7 Å². The fraction of sp³-hybridized carbons (Fsp3) is 0.0741. The molecule has 4 aromatic rings. The molecule has 4 aromatic carbocycles. The molecule has 1 amide bonds. The van der Waals surface area contributed by atoms with Gasteiger partial charge in [0.15, 0.2) is 6.10 Å². The summed E-state index contributed by atoms with van der Waals surface area (Å²) in [5, 5.41) is 5.08. The SMILES string of the molecule is Cc1ccc(C(=O)Nc2ccc(Cl)cc2)cc1OC(c1ccc(Cl)cc1)c1ccc(Cl)cc1Cl. The van der Waals surface area contributed by atoms with Gasteiger partial charge in [-0.05, 0) is 78.7 Å². The van der Waals surface area contributed by atoms with Crippen LogP contribution in [0.3, 0.4) is 0 Å². The van der Waals surface area contributed by atoms with Gasteiger partial charge in [-0.3, -0.25) is 4.79 Å². The van der Waals surface area contributed by atoms with Gasteiger partial charge in [-0.25, -0.2) is 0 Å². The molecule has 0 radical (unpaired) electrons. The van der Waals surface area contributed by atoms with Crippen LogP contribution in [0, 0.1) is 6.92 Å². The van der Waals surface area contributed by atoms with Crippen molar-refractivity contribution in [3.63, 3.8) is 0 Å². The minimum atomic E-state index is -0.546. The normalized spacial score (nSPS) is 11.7. The first kappa shape index (κ1) is 24.4. The first-order valence-corrected chi connectivity index (χ1v) is 11.9. The average molecular weight is 531 g/mol. The topological polar surface area (TPSA) is 38.3 Å². The monoisotopic (exact) mass is 529 g/mol. The summed E-state index contributed by atoms with van der Waals surface area (Å²) in [6.07, 6.45) is -0.546. The summed E-state index contributed by atoms with van der Waals surface area (Å²) in [6, 6.07) is 24.8. The van der Waals surface area contributed by atoms with Crippen LogP contribution in [-0.4, -0.2) is 5.91 Å². The van der Waals surface area contributed by atoms with E-state index in [2.05, 4.69) is 5.32 Å². The predicted molar refractivity (Wildman–Crippen MR) is 141 cm³/mol. The van der Waals surface area contributed by atoms with E-state index in [0.717, 1.165) is 16.7 Å². The van der Waals surface area contributed by atoms with E-state index in [1.165, 1.54) is 0 Å². The van der Waals surface area contributed by atoms with Crippen molar-refractivity contribution in [1.82, 2.24) is 0 Å². The van der Waals surface area contributed by atoms with Crippen LogP contribution in [0.15, 0.2) is 84.9 Å². The fourth-order valence-corrected chi connectivity index (χ4v) is 4.15. The second-order valence-electron chi connectivity index (χ2n) is 7.66. The largest absolute Gasteiger partial charge is 0.481 e. The molecule has 0 spiro atoms. The van der Waals surface area contributed by atoms with Gasteiger partial charge >= 0.3 is 0 Å². The molecule has 1 atom stereocenters. The molecule has 4 rings (SSSR count). The molecule has 34 heavy (non-hydrogen) atoms. The van der Waals surface area contributed by atoms with Crippen LogP contribution in [0.4, 0.5) is 5.69 Å². The Balaban J connectivity index is 1.67. The third-order valence-electron chi connectivity index (χ3n) is 5.21. The van der Waals surface area contributed by atoms with Gasteiger partial charge in [0.1, 0.15) is 5.75 Å². The van der Waals surface area contributed by atoms with Gasteiger partial charge in [-0.15, -0.1) is 0 Å². The summed E-state index contributed by atoms with van der Waals surface area (Å²) < 4.78 is 6.47. The Morgan fingerprint density at radius 1 is 0.765 bits per heavy atom. The quantitative estimate of drug-likeness (QED) is 0.270. The summed E-state index contributed by atoms with van der Waals surface area (Å²) in [6.45, 7) is 1.92. The van der Waals surface area contributed by atoms with E-state index >= 15 is 0 Å². The van der Waals surface area contributed by atoms with E-state index in [0.29, 0.717) is 37.1 Å². The molecule has 0 saturated carbocycles. The van der Waals surface area contributed by atoms with Gasteiger partial charge in [0.05, 0.1) is 0 Å². The lowest BCUT2D eigenvalue weighted by molar-refractivity contribution is 0.102. The zero-order chi connectivity index (χ0) is 24.2. The zero-order valence-electron chi connectivity index (χ0n) is 18.0. The molecule has 0 aromatic heterocycles. The predicted octanol–water partition coefficient (Wildman–Crippen LogP) is 9.03. The number of benzene rings is 4. The van der Waals surface area contributed by atoms with Crippen LogP contribution < -0.4 is 10.1 Å². The number of hydrogen-bond donors (Lipinski definition) is 1. The Labute approximate surface area is 218 Å². The Morgan fingerprint density at radius 3 is 2.03 bits per heavy atom. The average Bonchev–Trinajstić information content (AvgIpc) is 2.81. The minimum absolute atomic E-state index is 0.264. The van der Waals surface area contributed by atoms with Crippen molar-refractivity contribution in [2.24, 2.45) is 0 Å². The molecule has 0 aliphatic heterocycles. The van der Waals surface area contributed by atoms with E-state index in [9.17, 15) is 4.79 Å². The van der Waals surface area contributed by atoms with Gasteiger partial charge < -0.3 is 10.1 Å². The highest BCUT2D eigenvalue weighted by molar-refractivity contribution is 6.35. The Kier molecular flexibility index (Phi) is 7.70. The maximum atomic E-state index is 12.9. The molecule has 0 fully saturated rings. The molecule has 7 heteroatoms. The van der Waals surface area contributed by atoms with Gasteiger partial charge in [0.25, 0.3) is 5.91 Å². The maximum Gasteiger partial charge on any atom is 0.255 e. The molecule has 0 saturated heterocycles. The first-order valence-electron chi connectivity index (χ1n) is 10.3. The van der Waals surface area contributed by atoms with Crippen molar-refractivity contribution in [2.75, 3.05) is 5.32 Å². The van der Waals surface area contributed by atoms with Crippen LogP contribution in [0.1, 0.15) is 33.2 Å². The Bertz CT molecular complexity index is 1320. The molecule has 172 valence electrons. The molecule has 1 unspecified atom stereocenters. The van der Waals surface area contributed by atoms with Gasteiger partial charge in [-0.2, -0.15) is 0 Å². The summed E-state index contributed by atoms with van der Waals surface area (Å²) in [4.78, 5) is 12.9. The highest BCUT2D eigenvalue weighted by Crippen LogP contribution is 2.36. The molecular formula is C27H19Cl4NO2. The van der Waals surface area contributed by atoms with Crippen molar-refractivity contribution in [1.29, 1.82) is 0 Å². The summed E-state index contributed by atoms with van der Waals surface area (Å²) >= 11 is 24.7. The van der Waals surface area contributed by atoms with Crippen LogP contribution in [0.2, 0.25) is 20.1 Å². The van der Waals surface area contributed by atoms with Crippen molar-refractivity contribution < 1.29 is 9.53 Å². The summed E-state index contributed by atoms with van der Waals surface area (Å²) in [5.41, 5.74) is 3.55. The van der Waals surface area contributed by atoms with Crippen LogP contribution >= 0.6 is 46.4 Å². The first-order chi connectivity index (χ1) is 16.3. The van der Waals surface area contributed by atoms with Gasteiger partial charge in [0.2, 0.25) is 0 Å². The number of nitrogens with one attached hydrogen (secondary N) is 1. The zero-order valence-corrected chi connectivity index (χ0v) is 21.0. The van der Waals surface area contributed by atoms with Crippen LogP contribution in [-0.2, 0) is 0 Å². The van der Waals surface area contributed by atoms with Crippen LogP contribution in [0.25, 0.3) is 0 Å². The number of rotatable bonds is 6. The lowest BCUT2D eigenvalue weighted by Crippen LogP contribution is -2.14. The van der Waals surface area contributed by atoms with Gasteiger partial charge in [0, 0.05) is 36.9 Å². The lowest BCUT2D eigenvalue weighted by Gasteiger charge is -2.23. The molecule has 3 nitrogen and oxygen atoms in total. The number of carbonyl (C=O) groups excluding carboxylic acids is 1. The minimum Gasteiger partial charge on any atom is -0.481 e. The number of halogens is 4. The standard InChI is InChI=1S/C27H19Cl4NO2/c1-16-2-3-18(27(33)32-22-11-8-20(29)9-12-22)14-25(16)34-26(17-4-6-19(28)7-5-17)23-13-10-21(30)15-24(23)31/h2-15,26H,1H3,(H,32,33). The van der Waals surface area contributed by atoms with E-state index < -0.39 is 6.10 Å². The maximum absolute atomic E-state index is 12.9. The fourth-order valence-electron chi connectivity index (χ4n) is 3.39. The van der Waals surface area contributed by atoms with E-state index in [1.54, 1.807) is 60.7 Å². The van der Waals surface area contributed by atoms with Crippen molar-refractivity contribution in [2.45, 2.75) is 13.0 Å². The molecule has 0 bridgehead atoms. The third kappa shape index (κ3) is 5.86. The number of amides is 1. The smallest absolute Gasteiger partial charge is 0.255 e. The van der Waals surface area contributed by atoms with Crippen molar-refractivity contribution >= 4 is 58.0 Å². The number of ether oxygens (including phenoxy) is 1. The number of carbonyl (C=O) groups is 1. The molecular weight excluding hydrogens is 512 g/mol. The highest BCUT2D eigenvalue weighted by Gasteiger charge is 2.21. The van der Waals surface area contributed by atoms with E-state index in [-0.39, 0.29) is 5.91 Å². The molecule has 0 aliphatic carbocycles. The molecule has 1 N–H and O–H groups in total. The van der Waals surface area contributed by atoms with E-state index in [1.807, 2.05) is 31.2 Å². The highest BCUT2D eigenvalue weighted by atomic mass is 35.5. The Morgan fingerprint density at radius 2 is 1.38 bits per heavy atom. The number of hydrogen-bond acceptors (Lipinski definition) is 2. The van der Waals surface area contributed by atoms with Crippen molar-refractivity contribution in [3.8, 4) is 5.75 Å². The second-order valence-corrected chi connectivity index (χ2v) is 9.37. The summed E-state index contributed by atoms with van der Waals surface area (Å²) in [7, 11) is 0. The van der Waals surface area contributed by atoms with E-state index in [4.69, 9.17) is 51.1 Å². The lowest BCUT2D eigenvalue weighted by atomic mass is 10.0. The third-order valence-corrected chi connectivity index (χ3v) is 6.28. The van der Waals surface area contributed by atoms with Crippen LogP contribution in [0.5, 0.6) is 5.75 Å².